The van der Waals surface area contributed by atoms with Gasteiger partial charge in [-0.3, -0.25) is 13.7 Å². The quantitative estimate of drug-likeness (QED) is 0.689. The minimum Gasteiger partial charge on any atom is -0.380 e. The maximum atomic E-state index is 6.32. The number of rotatable bonds is 2. The summed E-state index contributed by atoms with van der Waals surface area (Å²) in [4.78, 5) is 0. The van der Waals surface area contributed by atoms with Crippen LogP contribution in [0.1, 0.15) is 26.2 Å². The third-order valence-corrected chi connectivity index (χ3v) is 8.78. The highest BCUT2D eigenvalue weighted by Gasteiger charge is 2.51. The first kappa shape index (κ1) is 13.5. The molecule has 17 heavy (non-hydrogen) atoms. The Morgan fingerprint density at radius 2 is 1.35 bits per heavy atom. The van der Waals surface area contributed by atoms with Crippen molar-refractivity contribution in [2.75, 3.05) is 47.4 Å². The fourth-order valence-corrected chi connectivity index (χ4v) is 7.46. The van der Waals surface area contributed by atoms with Gasteiger partial charge in [-0.2, -0.15) is 0 Å². The summed E-state index contributed by atoms with van der Waals surface area (Å²) in [6.07, 6.45) is 4.04. The van der Waals surface area contributed by atoms with Crippen LogP contribution in [0.2, 0.25) is 0 Å². The molecule has 0 aromatic rings. The van der Waals surface area contributed by atoms with Crippen molar-refractivity contribution in [3.8, 4) is 0 Å². The van der Waals surface area contributed by atoms with Crippen molar-refractivity contribution in [3.05, 3.63) is 0 Å². The van der Waals surface area contributed by atoms with Gasteiger partial charge in [0.15, 0.2) is 0 Å². The molecule has 0 aliphatic carbocycles. The summed E-state index contributed by atoms with van der Waals surface area (Å²) < 4.78 is 13.9. The largest absolute Gasteiger partial charge is 0.447 e. The highest BCUT2D eigenvalue weighted by atomic mass is 28.4. The third kappa shape index (κ3) is 2.31. The second-order valence-electron chi connectivity index (χ2n) is 5.50. The van der Waals surface area contributed by atoms with E-state index in [2.05, 4.69) is 41.8 Å². The van der Waals surface area contributed by atoms with Gasteiger partial charge in [0.05, 0.1) is 0 Å². The molecule has 100 valence electrons. The second kappa shape index (κ2) is 5.36. The summed E-state index contributed by atoms with van der Waals surface area (Å²) in [7, 11) is 4.72. The lowest BCUT2D eigenvalue weighted by atomic mass is 9.97. The Kier molecular flexibility index (Phi) is 4.25. The summed E-state index contributed by atoms with van der Waals surface area (Å²) in [5.41, 5.74) is 0. The minimum absolute atomic E-state index is 0.814. The average molecular weight is 257 g/mol. The Balaban J connectivity index is 2.33. The van der Waals surface area contributed by atoms with Gasteiger partial charge in [-0.1, -0.05) is 0 Å². The first-order valence-electron chi connectivity index (χ1n) is 6.89. The van der Waals surface area contributed by atoms with Crippen LogP contribution < -0.4 is 0 Å². The molecule has 3 heterocycles. The summed E-state index contributed by atoms with van der Waals surface area (Å²) in [5.74, 6) is 0.899. The molecule has 3 saturated heterocycles. The van der Waals surface area contributed by atoms with Gasteiger partial charge in [0.2, 0.25) is 0 Å². The number of hydrogen-bond donors (Lipinski definition) is 0. The lowest BCUT2D eigenvalue weighted by molar-refractivity contribution is 0.102. The van der Waals surface area contributed by atoms with Gasteiger partial charge in [-0.25, -0.2) is 0 Å². The normalized spacial score (nSPS) is 37.8. The van der Waals surface area contributed by atoms with Gasteiger partial charge in [-0.15, -0.1) is 0 Å². The van der Waals surface area contributed by atoms with Crippen LogP contribution in [-0.2, 0) is 4.43 Å². The molecule has 3 aliphatic rings. The van der Waals surface area contributed by atoms with Gasteiger partial charge in [0.25, 0.3) is 0 Å². The monoisotopic (exact) mass is 257 g/mol. The predicted molar refractivity (Wildman–Crippen MR) is 72.6 cm³/mol. The fourth-order valence-electron chi connectivity index (χ4n) is 3.40. The van der Waals surface area contributed by atoms with Crippen LogP contribution in [0.4, 0.5) is 0 Å². The Labute approximate surface area is 107 Å². The van der Waals surface area contributed by atoms with Crippen LogP contribution in [0.5, 0.6) is 0 Å². The summed E-state index contributed by atoms with van der Waals surface area (Å²) in [5, 5.41) is 0. The van der Waals surface area contributed by atoms with Crippen molar-refractivity contribution >= 4 is 8.80 Å². The molecule has 3 fully saturated rings. The van der Waals surface area contributed by atoms with Crippen LogP contribution in [0.15, 0.2) is 0 Å². The molecule has 0 spiro atoms. The third-order valence-electron chi connectivity index (χ3n) is 4.45. The summed E-state index contributed by atoms with van der Waals surface area (Å²) in [6.45, 7) is 6.50. The minimum atomic E-state index is -2.04. The second-order valence-corrected chi connectivity index (χ2v) is 9.23. The number of nitrogens with zero attached hydrogens (tertiary/aromatic N) is 3. The van der Waals surface area contributed by atoms with E-state index in [4.69, 9.17) is 4.43 Å². The van der Waals surface area contributed by atoms with Crippen LogP contribution in [-0.4, -0.2) is 69.9 Å². The van der Waals surface area contributed by atoms with Crippen LogP contribution in [0.3, 0.4) is 0 Å². The van der Waals surface area contributed by atoms with Crippen molar-refractivity contribution in [3.63, 3.8) is 0 Å². The Bertz CT molecular complexity index is 228. The van der Waals surface area contributed by atoms with Gasteiger partial charge in [0.1, 0.15) is 0 Å². The van der Waals surface area contributed by atoms with Gasteiger partial charge in [-0.05, 0) is 72.9 Å². The molecular formula is C12H27N3OSi. The Morgan fingerprint density at radius 1 is 0.941 bits per heavy atom. The van der Waals surface area contributed by atoms with Gasteiger partial charge < -0.3 is 4.43 Å². The van der Waals surface area contributed by atoms with E-state index in [9.17, 15) is 0 Å². The van der Waals surface area contributed by atoms with Gasteiger partial charge >= 0.3 is 8.80 Å². The topological polar surface area (TPSA) is 19.0 Å². The first-order valence-corrected chi connectivity index (χ1v) is 8.64. The van der Waals surface area contributed by atoms with Crippen molar-refractivity contribution in [1.29, 1.82) is 0 Å². The van der Waals surface area contributed by atoms with Crippen molar-refractivity contribution in [1.82, 2.24) is 13.7 Å². The van der Waals surface area contributed by atoms with E-state index in [-0.39, 0.29) is 0 Å². The molecule has 0 aromatic heterocycles. The smallest absolute Gasteiger partial charge is 0.380 e. The van der Waals surface area contributed by atoms with Crippen molar-refractivity contribution in [2.24, 2.45) is 5.92 Å². The molecule has 3 rings (SSSR count). The molecule has 0 atom stereocenters. The first-order chi connectivity index (χ1) is 8.11. The van der Waals surface area contributed by atoms with E-state index >= 15 is 0 Å². The molecule has 0 radical (unpaired) electrons. The Hall–Kier alpha value is 0.0569. The zero-order valence-electron chi connectivity index (χ0n) is 11.8. The maximum absolute atomic E-state index is 6.32. The van der Waals surface area contributed by atoms with Crippen LogP contribution in [0.25, 0.3) is 0 Å². The predicted octanol–water partition coefficient (Wildman–Crippen LogP) is 1.07. The molecule has 0 saturated carbocycles. The maximum Gasteiger partial charge on any atom is 0.447 e. The highest BCUT2D eigenvalue weighted by molar-refractivity contribution is 6.65. The molecule has 0 amide bonds. The number of fused-ring (bicyclic) bond motifs is 6. The molecule has 4 nitrogen and oxygen atoms in total. The summed E-state index contributed by atoms with van der Waals surface area (Å²) >= 11 is 0. The van der Waals surface area contributed by atoms with E-state index in [1.165, 1.54) is 38.9 Å². The molecule has 0 aromatic carbocycles. The van der Waals surface area contributed by atoms with Crippen LogP contribution >= 0.6 is 0 Å². The molecule has 0 unspecified atom stereocenters. The lowest BCUT2D eigenvalue weighted by Crippen LogP contribution is -2.76. The molecule has 0 N–H and O–H groups in total. The van der Waals surface area contributed by atoms with Crippen LogP contribution in [0, 0.1) is 5.92 Å². The fraction of sp³-hybridized carbons (Fsp3) is 1.00. The van der Waals surface area contributed by atoms with E-state index in [1.807, 2.05) is 0 Å². The van der Waals surface area contributed by atoms with E-state index in [1.54, 1.807) is 0 Å². The van der Waals surface area contributed by atoms with E-state index in [0.29, 0.717) is 0 Å². The molecular weight excluding hydrogens is 230 g/mol. The molecule has 2 bridgehead atoms. The van der Waals surface area contributed by atoms with Crippen molar-refractivity contribution < 1.29 is 4.43 Å². The standard InChI is InChI=1S/C12H27N3OSi/c1-5-16-17-13(2)9-6-12(7-10-14(17)3)8-11-15(17)4/h12H,5-11H2,1-4H3. The SMILES string of the molecule is CCO[Si]12N(C)CCC(CCN1C)CCN2C. The molecule has 3 aliphatic heterocycles. The number of hydrogen-bond acceptors (Lipinski definition) is 4. The Morgan fingerprint density at radius 3 is 1.71 bits per heavy atom. The zero-order chi connectivity index (χ0) is 12.5. The zero-order valence-corrected chi connectivity index (χ0v) is 12.8. The summed E-state index contributed by atoms with van der Waals surface area (Å²) in [6, 6.07) is 0. The van der Waals surface area contributed by atoms with Crippen molar-refractivity contribution in [2.45, 2.75) is 26.2 Å². The highest BCUT2D eigenvalue weighted by Crippen LogP contribution is 2.29. The molecule has 5 heteroatoms. The lowest BCUT2D eigenvalue weighted by Gasteiger charge is -2.52. The van der Waals surface area contributed by atoms with E-state index in [0.717, 1.165) is 12.5 Å². The van der Waals surface area contributed by atoms with E-state index < -0.39 is 8.80 Å². The average Bonchev–Trinajstić information content (AvgIpc) is 2.30. The van der Waals surface area contributed by atoms with Gasteiger partial charge in [0, 0.05) is 6.61 Å².